The third-order valence-corrected chi connectivity index (χ3v) is 10.9. The Labute approximate surface area is 186 Å². The highest BCUT2D eigenvalue weighted by atomic mass is 16.1. The lowest BCUT2D eigenvalue weighted by Gasteiger charge is -2.58. The second kappa shape index (κ2) is 8.40. The molecule has 0 bridgehead atoms. The molecule has 170 valence electrons. The van der Waals surface area contributed by atoms with Crippen LogP contribution in [0.1, 0.15) is 112 Å². The van der Waals surface area contributed by atoms with Crippen LogP contribution in [0.25, 0.3) is 0 Å². The van der Waals surface area contributed by atoms with Gasteiger partial charge in [-0.2, -0.15) is 0 Å². The van der Waals surface area contributed by atoms with Gasteiger partial charge >= 0.3 is 0 Å². The third kappa shape index (κ3) is 3.75. The molecular formula is C29H48O. The number of carbonyl (C=O) groups excluding carboxylic acids is 1. The van der Waals surface area contributed by atoms with Crippen molar-refractivity contribution in [3.8, 4) is 0 Å². The monoisotopic (exact) mass is 412 g/mol. The van der Waals surface area contributed by atoms with E-state index in [9.17, 15) is 4.79 Å². The summed E-state index contributed by atoms with van der Waals surface area (Å²) in [4.78, 5) is 12.0. The molecule has 3 saturated carbocycles. The Hall–Kier alpha value is -0.590. The van der Waals surface area contributed by atoms with Crippen LogP contribution in [0.5, 0.6) is 0 Å². The Morgan fingerprint density at radius 2 is 1.80 bits per heavy atom. The quantitative estimate of drug-likeness (QED) is 0.401. The van der Waals surface area contributed by atoms with Crippen molar-refractivity contribution in [1.82, 2.24) is 0 Å². The Morgan fingerprint density at radius 1 is 1.03 bits per heavy atom. The first kappa shape index (κ1) is 22.6. The molecule has 3 fully saturated rings. The molecule has 0 aromatic carbocycles. The fourth-order valence-corrected chi connectivity index (χ4v) is 9.03. The molecule has 30 heavy (non-hydrogen) atoms. The van der Waals surface area contributed by atoms with Crippen molar-refractivity contribution in [3.05, 3.63) is 11.6 Å². The van der Waals surface area contributed by atoms with Gasteiger partial charge in [0.05, 0.1) is 0 Å². The maximum atomic E-state index is 12.0. The van der Waals surface area contributed by atoms with Crippen LogP contribution >= 0.6 is 0 Å². The van der Waals surface area contributed by atoms with Crippen molar-refractivity contribution in [2.75, 3.05) is 0 Å². The largest absolute Gasteiger partial charge is 0.300 e. The maximum absolute atomic E-state index is 12.0. The average molecular weight is 413 g/mol. The number of hydrogen-bond donors (Lipinski definition) is 0. The highest BCUT2D eigenvalue weighted by Gasteiger charge is 2.59. The predicted molar refractivity (Wildman–Crippen MR) is 127 cm³/mol. The van der Waals surface area contributed by atoms with Gasteiger partial charge in [0.15, 0.2) is 0 Å². The molecule has 1 heteroatoms. The van der Waals surface area contributed by atoms with E-state index >= 15 is 0 Å². The Morgan fingerprint density at radius 3 is 2.50 bits per heavy atom. The molecule has 0 amide bonds. The molecule has 4 aliphatic carbocycles. The average Bonchev–Trinajstić information content (AvgIpc) is 3.04. The molecule has 0 saturated heterocycles. The molecule has 0 unspecified atom stereocenters. The van der Waals surface area contributed by atoms with Gasteiger partial charge in [0.2, 0.25) is 0 Å². The van der Waals surface area contributed by atoms with Crippen LogP contribution < -0.4 is 0 Å². The summed E-state index contributed by atoms with van der Waals surface area (Å²) in [6.07, 6.45) is 17.5. The molecule has 0 radical (unpaired) electrons. The topological polar surface area (TPSA) is 17.1 Å². The summed E-state index contributed by atoms with van der Waals surface area (Å²) in [6.45, 7) is 14.4. The van der Waals surface area contributed by atoms with Gasteiger partial charge < -0.3 is 0 Å². The van der Waals surface area contributed by atoms with Gasteiger partial charge in [-0.15, -0.1) is 0 Å². The van der Waals surface area contributed by atoms with E-state index in [1.165, 1.54) is 57.8 Å². The second-order valence-electron chi connectivity index (χ2n) is 12.8. The molecular weight excluding hydrogens is 364 g/mol. The van der Waals surface area contributed by atoms with E-state index in [1.807, 2.05) is 6.92 Å². The molecule has 0 spiro atoms. The van der Waals surface area contributed by atoms with Crippen molar-refractivity contribution < 1.29 is 4.79 Å². The van der Waals surface area contributed by atoms with Gasteiger partial charge in [-0.1, -0.05) is 65.5 Å². The minimum absolute atomic E-state index is 0.303. The molecule has 0 heterocycles. The summed E-state index contributed by atoms with van der Waals surface area (Å²) in [5.74, 6) is 6.13. The van der Waals surface area contributed by atoms with E-state index in [2.05, 4.69) is 40.7 Å². The van der Waals surface area contributed by atoms with Gasteiger partial charge in [-0.05, 0) is 105 Å². The third-order valence-electron chi connectivity index (χ3n) is 10.9. The molecule has 0 N–H and O–H groups in total. The zero-order chi connectivity index (χ0) is 21.7. The lowest BCUT2D eigenvalue weighted by Crippen LogP contribution is -2.50. The van der Waals surface area contributed by atoms with Crippen LogP contribution in [-0.2, 0) is 4.79 Å². The second-order valence-corrected chi connectivity index (χ2v) is 12.8. The number of carbonyl (C=O) groups is 1. The first-order valence-corrected chi connectivity index (χ1v) is 13.4. The van der Waals surface area contributed by atoms with Crippen LogP contribution in [0.4, 0.5) is 0 Å². The maximum Gasteiger partial charge on any atom is 0.133 e. The van der Waals surface area contributed by atoms with Crippen molar-refractivity contribution in [2.24, 2.45) is 52.3 Å². The van der Waals surface area contributed by atoms with Crippen LogP contribution in [0.15, 0.2) is 11.6 Å². The highest BCUT2D eigenvalue weighted by Crippen LogP contribution is 2.67. The Bertz CT molecular complexity index is 674. The highest BCUT2D eigenvalue weighted by molar-refractivity contribution is 5.78. The van der Waals surface area contributed by atoms with Crippen molar-refractivity contribution >= 4 is 5.78 Å². The van der Waals surface area contributed by atoms with Crippen LogP contribution in [-0.4, -0.2) is 5.78 Å². The Kier molecular flexibility index (Phi) is 6.33. The first-order chi connectivity index (χ1) is 14.2. The summed E-state index contributed by atoms with van der Waals surface area (Å²) in [6, 6.07) is 0. The van der Waals surface area contributed by atoms with E-state index in [0.29, 0.717) is 22.5 Å². The normalized spacial score (nSPS) is 44.1. The zero-order valence-corrected chi connectivity index (χ0v) is 20.8. The van der Waals surface area contributed by atoms with E-state index < -0.39 is 0 Å². The zero-order valence-electron chi connectivity index (χ0n) is 20.8. The fraction of sp³-hybridized carbons (Fsp3) is 0.897. The van der Waals surface area contributed by atoms with Gasteiger partial charge in [-0.3, -0.25) is 4.79 Å². The summed E-state index contributed by atoms with van der Waals surface area (Å²) < 4.78 is 0. The molecule has 4 rings (SSSR count). The van der Waals surface area contributed by atoms with E-state index in [0.717, 1.165) is 48.3 Å². The summed E-state index contributed by atoms with van der Waals surface area (Å²) in [7, 11) is 0. The minimum Gasteiger partial charge on any atom is -0.300 e. The lowest BCUT2D eigenvalue weighted by molar-refractivity contribution is -0.122. The van der Waals surface area contributed by atoms with E-state index in [1.54, 1.807) is 5.57 Å². The van der Waals surface area contributed by atoms with Crippen molar-refractivity contribution in [2.45, 2.75) is 112 Å². The van der Waals surface area contributed by atoms with Gasteiger partial charge in [-0.25, -0.2) is 0 Å². The van der Waals surface area contributed by atoms with Crippen molar-refractivity contribution in [1.29, 1.82) is 0 Å². The summed E-state index contributed by atoms with van der Waals surface area (Å²) >= 11 is 0. The van der Waals surface area contributed by atoms with Crippen LogP contribution in [0.3, 0.4) is 0 Å². The first-order valence-electron chi connectivity index (χ1n) is 13.4. The fourth-order valence-electron chi connectivity index (χ4n) is 9.03. The molecule has 8 atom stereocenters. The van der Waals surface area contributed by atoms with Gasteiger partial charge in [0.25, 0.3) is 0 Å². The van der Waals surface area contributed by atoms with E-state index in [4.69, 9.17) is 0 Å². The number of Topliss-reactive ketones (excluding diaryl/α,β-unsaturated/α-hetero) is 1. The molecule has 1 nitrogen and oxygen atoms in total. The SMILES string of the molecule is CC(=O)[C@H]1CC[C@@]2(C)C(=CC[C@H]3[C@@H]4CC[C@H]([C@H](C)CCCC(C)C)[C@@]4(C)CC[C@@H]32)C1. The molecule has 0 aliphatic heterocycles. The molecule has 0 aromatic heterocycles. The minimum atomic E-state index is 0.303. The summed E-state index contributed by atoms with van der Waals surface area (Å²) in [5.41, 5.74) is 2.63. The number of fused-ring (bicyclic) bond motifs is 5. The standard InChI is InChI=1S/C29H48O/c1-19(2)8-7-9-20(3)25-12-13-26-24-11-10-23-18-22(21(4)30)14-16-28(23,5)27(24)15-17-29(25,26)6/h10,19-20,22,24-27H,7-9,11-18H2,1-6H3/t20-,22+,24+,25-,26+,27+,28+,29-/m1/s1. The van der Waals surface area contributed by atoms with E-state index in [-0.39, 0.29) is 0 Å². The predicted octanol–water partition coefficient (Wildman–Crippen LogP) is 8.23. The summed E-state index contributed by atoms with van der Waals surface area (Å²) in [5, 5.41) is 0. The number of allylic oxidation sites excluding steroid dienone is 2. The van der Waals surface area contributed by atoms with Crippen LogP contribution in [0, 0.1) is 52.3 Å². The van der Waals surface area contributed by atoms with Crippen LogP contribution in [0.2, 0.25) is 0 Å². The number of ketones is 1. The smallest absolute Gasteiger partial charge is 0.133 e. The number of hydrogen-bond acceptors (Lipinski definition) is 1. The molecule has 4 aliphatic rings. The van der Waals surface area contributed by atoms with Crippen molar-refractivity contribution in [3.63, 3.8) is 0 Å². The van der Waals surface area contributed by atoms with Gasteiger partial charge in [0.1, 0.15) is 5.78 Å². The molecule has 0 aromatic rings. The Balaban J connectivity index is 1.49. The number of rotatable bonds is 6. The lowest BCUT2D eigenvalue weighted by atomic mass is 9.46. The van der Waals surface area contributed by atoms with Gasteiger partial charge in [0, 0.05) is 5.92 Å².